The van der Waals surface area contributed by atoms with Crippen LogP contribution in [0.5, 0.6) is 0 Å². The minimum Gasteiger partial charge on any atom is -0.375 e. The fourth-order valence-corrected chi connectivity index (χ4v) is 1.76. The first-order chi connectivity index (χ1) is 7.74. The number of nitrogens with one attached hydrogen (secondary N) is 1. The van der Waals surface area contributed by atoms with E-state index in [9.17, 15) is 0 Å². The van der Waals surface area contributed by atoms with Gasteiger partial charge in [-0.05, 0) is 18.8 Å². The third kappa shape index (κ3) is 4.90. The Labute approximate surface area is 102 Å². The quantitative estimate of drug-likeness (QED) is 0.713. The molecule has 1 aromatic heterocycles. The zero-order chi connectivity index (χ0) is 11.8. The topological polar surface area (TPSA) is 47.0 Å². The summed E-state index contributed by atoms with van der Waals surface area (Å²) in [5.41, 5.74) is 0.933. The van der Waals surface area contributed by atoms with Crippen LogP contribution in [0.15, 0.2) is 0 Å². The summed E-state index contributed by atoms with van der Waals surface area (Å²) in [5.74, 6) is 0.686. The molecule has 0 saturated heterocycles. The third-order valence-corrected chi connectivity index (χ3v) is 2.90. The molecule has 0 aromatic carbocycles. The van der Waals surface area contributed by atoms with Crippen molar-refractivity contribution in [1.82, 2.24) is 9.59 Å². The summed E-state index contributed by atoms with van der Waals surface area (Å²) in [5, 5.41) is 8.42. The van der Waals surface area contributed by atoms with E-state index in [1.165, 1.54) is 11.5 Å². The second-order valence-corrected chi connectivity index (χ2v) is 4.96. The van der Waals surface area contributed by atoms with Gasteiger partial charge in [0.2, 0.25) is 0 Å². The Hall–Kier alpha value is -0.680. The minimum atomic E-state index is 0.565. The zero-order valence-electron chi connectivity index (χ0n) is 10.3. The molecule has 0 unspecified atom stereocenters. The van der Waals surface area contributed by atoms with Gasteiger partial charge in [-0.3, -0.25) is 0 Å². The first-order valence-electron chi connectivity index (χ1n) is 5.86. The average Bonchev–Trinajstić information content (AvgIpc) is 2.69. The maximum atomic E-state index is 5.57. The molecule has 1 rings (SSSR count). The van der Waals surface area contributed by atoms with Crippen molar-refractivity contribution in [3.8, 4) is 0 Å². The van der Waals surface area contributed by atoms with Gasteiger partial charge in [0, 0.05) is 24.7 Å². The van der Waals surface area contributed by atoms with Gasteiger partial charge in [-0.2, -0.15) is 0 Å². The maximum absolute atomic E-state index is 5.57. The van der Waals surface area contributed by atoms with Crippen LogP contribution in [0, 0.1) is 5.92 Å². The van der Waals surface area contributed by atoms with Crippen LogP contribution >= 0.6 is 11.5 Å². The van der Waals surface area contributed by atoms with Crippen LogP contribution in [0.4, 0.5) is 5.00 Å². The van der Waals surface area contributed by atoms with Crippen LogP contribution in [0.3, 0.4) is 0 Å². The fourth-order valence-electron chi connectivity index (χ4n) is 1.16. The normalized spacial score (nSPS) is 11.0. The van der Waals surface area contributed by atoms with Crippen molar-refractivity contribution in [2.45, 2.75) is 40.2 Å². The lowest BCUT2D eigenvalue weighted by molar-refractivity contribution is 0.108. The first kappa shape index (κ1) is 13.4. The highest BCUT2D eigenvalue weighted by Gasteiger charge is 2.07. The SMILES string of the molecule is CCCNc1snnc1COCCC(C)C. The van der Waals surface area contributed by atoms with Gasteiger partial charge in [0.15, 0.2) is 0 Å². The molecule has 4 nitrogen and oxygen atoms in total. The van der Waals surface area contributed by atoms with Gasteiger partial charge in [0.05, 0.1) is 6.61 Å². The Morgan fingerprint density at radius 1 is 1.44 bits per heavy atom. The Bertz CT molecular complexity index is 289. The zero-order valence-corrected chi connectivity index (χ0v) is 11.1. The van der Waals surface area contributed by atoms with Crippen LogP contribution in [0.1, 0.15) is 39.3 Å². The molecular weight excluding hydrogens is 222 g/mol. The number of hydrogen-bond acceptors (Lipinski definition) is 5. The molecule has 0 spiro atoms. The van der Waals surface area contributed by atoms with Gasteiger partial charge in [-0.1, -0.05) is 25.3 Å². The highest BCUT2D eigenvalue weighted by molar-refractivity contribution is 7.10. The van der Waals surface area contributed by atoms with E-state index in [0.29, 0.717) is 12.5 Å². The standard InChI is InChI=1S/C11H21N3OS/c1-4-6-12-11-10(13-14-16-11)8-15-7-5-9(2)3/h9,12H,4-8H2,1-3H3. The Kier molecular flexibility index (Phi) is 6.33. The lowest BCUT2D eigenvalue weighted by Gasteiger charge is -2.06. The van der Waals surface area contributed by atoms with Gasteiger partial charge < -0.3 is 10.1 Å². The Morgan fingerprint density at radius 2 is 2.25 bits per heavy atom. The van der Waals surface area contributed by atoms with Crippen LogP contribution in [-0.2, 0) is 11.3 Å². The summed E-state index contributed by atoms with van der Waals surface area (Å²) in [7, 11) is 0. The molecule has 0 fully saturated rings. The lowest BCUT2D eigenvalue weighted by Crippen LogP contribution is -2.04. The van der Waals surface area contributed by atoms with Gasteiger partial charge in [-0.25, -0.2) is 0 Å². The first-order valence-corrected chi connectivity index (χ1v) is 6.64. The van der Waals surface area contributed by atoms with Crippen molar-refractivity contribution < 1.29 is 4.74 Å². The van der Waals surface area contributed by atoms with Gasteiger partial charge in [0.1, 0.15) is 10.7 Å². The van der Waals surface area contributed by atoms with Crippen molar-refractivity contribution in [3.63, 3.8) is 0 Å². The predicted octanol–water partition coefficient (Wildman–Crippen LogP) is 2.92. The van der Waals surface area contributed by atoms with Crippen LogP contribution in [0.2, 0.25) is 0 Å². The highest BCUT2D eigenvalue weighted by atomic mass is 32.1. The molecule has 0 amide bonds. The van der Waals surface area contributed by atoms with Crippen LogP contribution < -0.4 is 5.32 Å². The number of ether oxygens (including phenoxy) is 1. The molecule has 0 aliphatic heterocycles. The molecule has 92 valence electrons. The van der Waals surface area contributed by atoms with E-state index in [4.69, 9.17) is 4.74 Å². The molecule has 0 radical (unpaired) electrons. The number of hydrogen-bond donors (Lipinski definition) is 1. The van der Waals surface area contributed by atoms with Crippen LogP contribution in [0.25, 0.3) is 0 Å². The summed E-state index contributed by atoms with van der Waals surface area (Å²) >= 11 is 1.40. The molecule has 5 heteroatoms. The number of anilines is 1. The molecular formula is C11H21N3OS. The molecule has 0 saturated carbocycles. The second-order valence-electron chi connectivity index (χ2n) is 4.21. The molecule has 0 bridgehead atoms. The second kappa shape index (κ2) is 7.57. The number of nitrogens with zero attached hydrogens (tertiary/aromatic N) is 2. The minimum absolute atomic E-state index is 0.565. The fraction of sp³-hybridized carbons (Fsp3) is 0.818. The van der Waals surface area contributed by atoms with Crippen molar-refractivity contribution in [2.75, 3.05) is 18.5 Å². The van der Waals surface area contributed by atoms with E-state index in [1.54, 1.807) is 0 Å². The van der Waals surface area contributed by atoms with E-state index in [1.807, 2.05) is 0 Å². The monoisotopic (exact) mass is 243 g/mol. The molecule has 0 aliphatic carbocycles. The van der Waals surface area contributed by atoms with E-state index < -0.39 is 0 Å². The molecule has 1 aromatic rings. The van der Waals surface area contributed by atoms with E-state index in [2.05, 4.69) is 35.7 Å². The molecule has 1 heterocycles. The molecule has 0 atom stereocenters. The highest BCUT2D eigenvalue weighted by Crippen LogP contribution is 2.18. The van der Waals surface area contributed by atoms with E-state index in [-0.39, 0.29) is 0 Å². The van der Waals surface area contributed by atoms with Gasteiger partial charge >= 0.3 is 0 Å². The van der Waals surface area contributed by atoms with Crippen molar-refractivity contribution in [2.24, 2.45) is 5.92 Å². The van der Waals surface area contributed by atoms with Crippen molar-refractivity contribution >= 4 is 16.5 Å². The van der Waals surface area contributed by atoms with Crippen LogP contribution in [-0.4, -0.2) is 22.7 Å². The molecule has 1 N–H and O–H groups in total. The number of rotatable bonds is 8. The summed E-state index contributed by atoms with van der Waals surface area (Å²) in [6.45, 7) is 8.85. The predicted molar refractivity (Wildman–Crippen MR) is 67.8 cm³/mol. The van der Waals surface area contributed by atoms with Crippen molar-refractivity contribution in [3.05, 3.63) is 5.69 Å². The van der Waals surface area contributed by atoms with E-state index >= 15 is 0 Å². The summed E-state index contributed by atoms with van der Waals surface area (Å²) < 4.78 is 9.51. The summed E-state index contributed by atoms with van der Waals surface area (Å²) in [6, 6.07) is 0. The molecule has 16 heavy (non-hydrogen) atoms. The van der Waals surface area contributed by atoms with Crippen molar-refractivity contribution in [1.29, 1.82) is 0 Å². The smallest absolute Gasteiger partial charge is 0.135 e. The van der Waals surface area contributed by atoms with Gasteiger partial charge in [-0.15, -0.1) is 5.10 Å². The number of aromatic nitrogens is 2. The van der Waals surface area contributed by atoms with E-state index in [0.717, 1.165) is 36.7 Å². The Balaban J connectivity index is 2.27. The third-order valence-electron chi connectivity index (χ3n) is 2.17. The van der Waals surface area contributed by atoms with Gasteiger partial charge in [0.25, 0.3) is 0 Å². The lowest BCUT2D eigenvalue weighted by atomic mass is 10.1. The summed E-state index contributed by atoms with van der Waals surface area (Å²) in [4.78, 5) is 0. The maximum Gasteiger partial charge on any atom is 0.135 e. The summed E-state index contributed by atoms with van der Waals surface area (Å²) in [6.07, 6.45) is 2.20. The molecule has 0 aliphatic rings. The Morgan fingerprint density at radius 3 is 2.94 bits per heavy atom. The average molecular weight is 243 g/mol. The largest absolute Gasteiger partial charge is 0.375 e.